The fraction of sp³-hybridized carbons (Fsp3) is 0.222. The van der Waals surface area contributed by atoms with Gasteiger partial charge in [0.1, 0.15) is 6.61 Å². The lowest BCUT2D eigenvalue weighted by molar-refractivity contribution is -0.116. The quantitative estimate of drug-likeness (QED) is 0.298. The van der Waals surface area contributed by atoms with Gasteiger partial charge in [-0.05, 0) is 76.4 Å². The molecule has 0 saturated carbocycles. The average molecular weight is 584 g/mol. The number of hydrogen-bond donors (Lipinski definition) is 3. The van der Waals surface area contributed by atoms with Crippen LogP contribution >= 0.6 is 22.6 Å². The van der Waals surface area contributed by atoms with Crippen molar-refractivity contribution in [3.05, 3.63) is 87.0 Å². The van der Waals surface area contributed by atoms with Gasteiger partial charge < -0.3 is 20.5 Å². The van der Waals surface area contributed by atoms with Gasteiger partial charge in [0, 0.05) is 27.6 Å². The van der Waals surface area contributed by atoms with E-state index in [0.29, 0.717) is 15.7 Å². The molecule has 3 aromatic carbocycles. The monoisotopic (exact) mass is 584 g/mol. The van der Waals surface area contributed by atoms with E-state index in [9.17, 15) is 14.4 Å². The summed E-state index contributed by atoms with van der Waals surface area (Å²) in [4.78, 5) is 35.9. The van der Waals surface area contributed by atoms with Gasteiger partial charge in [0.2, 0.25) is 5.91 Å². The van der Waals surface area contributed by atoms with Crippen LogP contribution in [-0.4, -0.2) is 35.7 Å². The molecule has 1 aliphatic rings. The summed E-state index contributed by atoms with van der Waals surface area (Å²) in [5, 5.41) is 14.7. The van der Waals surface area contributed by atoms with Crippen LogP contribution in [0.1, 0.15) is 47.2 Å². The molecule has 0 fully saturated rings. The molecule has 0 bridgehead atoms. The smallest absolute Gasteiger partial charge is 0.407 e. The highest BCUT2D eigenvalue weighted by Gasteiger charge is 2.29. The lowest BCUT2D eigenvalue weighted by Gasteiger charge is -2.17. The van der Waals surface area contributed by atoms with Crippen LogP contribution in [0.5, 0.6) is 0 Å². The normalized spacial score (nSPS) is 12.9. The van der Waals surface area contributed by atoms with Crippen molar-refractivity contribution in [2.45, 2.75) is 31.7 Å². The van der Waals surface area contributed by atoms with Gasteiger partial charge >= 0.3 is 12.1 Å². The molecule has 35 heavy (non-hydrogen) atoms. The molecule has 0 aliphatic heterocycles. The van der Waals surface area contributed by atoms with E-state index in [-0.39, 0.29) is 36.5 Å². The van der Waals surface area contributed by atoms with Crippen LogP contribution in [0.4, 0.5) is 10.5 Å². The van der Waals surface area contributed by atoms with Crippen molar-refractivity contribution in [3.63, 3.8) is 0 Å². The van der Waals surface area contributed by atoms with Gasteiger partial charge in [-0.15, -0.1) is 0 Å². The summed E-state index contributed by atoms with van der Waals surface area (Å²) in [6.45, 7) is 2.04. The van der Waals surface area contributed by atoms with E-state index in [1.807, 2.05) is 53.8 Å². The number of ether oxygens (including phenoxy) is 1. The van der Waals surface area contributed by atoms with Gasteiger partial charge in [-0.2, -0.15) is 0 Å². The highest BCUT2D eigenvalue weighted by atomic mass is 127. The van der Waals surface area contributed by atoms with Gasteiger partial charge in [0.05, 0.1) is 5.56 Å². The fourth-order valence-electron chi connectivity index (χ4n) is 4.27. The summed E-state index contributed by atoms with van der Waals surface area (Å²) in [7, 11) is 0. The third-order valence-corrected chi connectivity index (χ3v) is 6.56. The van der Waals surface area contributed by atoms with Gasteiger partial charge in [-0.3, -0.25) is 4.79 Å². The number of hydrogen-bond acceptors (Lipinski definition) is 4. The van der Waals surface area contributed by atoms with Gasteiger partial charge in [0.25, 0.3) is 0 Å². The van der Waals surface area contributed by atoms with Gasteiger partial charge in [0.15, 0.2) is 0 Å². The Morgan fingerprint density at radius 2 is 1.63 bits per heavy atom. The first-order valence-corrected chi connectivity index (χ1v) is 12.3. The number of carboxylic acids is 1. The molecule has 0 spiro atoms. The number of anilines is 1. The number of carbonyl (C=O) groups excluding carboxylic acids is 2. The van der Waals surface area contributed by atoms with Crippen LogP contribution in [-0.2, 0) is 9.53 Å². The second-order valence-corrected chi connectivity index (χ2v) is 9.74. The topological polar surface area (TPSA) is 105 Å². The Morgan fingerprint density at radius 1 is 1.00 bits per heavy atom. The minimum Gasteiger partial charge on any atom is -0.478 e. The Labute approximate surface area is 217 Å². The zero-order chi connectivity index (χ0) is 24.9. The number of amides is 2. The van der Waals surface area contributed by atoms with E-state index in [1.54, 1.807) is 6.07 Å². The van der Waals surface area contributed by atoms with Gasteiger partial charge in [-0.25, -0.2) is 9.59 Å². The lowest BCUT2D eigenvalue weighted by atomic mass is 9.98. The summed E-state index contributed by atoms with van der Waals surface area (Å²) in [6.07, 6.45) is 0.0493. The molecule has 1 unspecified atom stereocenters. The summed E-state index contributed by atoms with van der Waals surface area (Å²) in [5.41, 5.74) is 5.16. The first kappa shape index (κ1) is 24.7. The van der Waals surface area contributed by atoms with E-state index >= 15 is 0 Å². The third-order valence-electron chi connectivity index (χ3n) is 5.94. The molecule has 0 radical (unpaired) electrons. The van der Waals surface area contributed by atoms with E-state index in [2.05, 4.69) is 34.9 Å². The Morgan fingerprint density at radius 3 is 2.26 bits per heavy atom. The molecule has 3 N–H and O–H groups in total. The molecule has 1 atom stereocenters. The Kier molecular flexibility index (Phi) is 7.70. The number of aromatic carboxylic acids is 1. The molecule has 0 saturated heterocycles. The first-order chi connectivity index (χ1) is 16.8. The molecule has 7 nitrogen and oxygen atoms in total. The molecule has 4 rings (SSSR count). The Hall–Kier alpha value is -3.40. The number of alkyl carbamates (subject to hydrolysis) is 1. The number of carbonyl (C=O) groups is 3. The average Bonchev–Trinajstić information content (AvgIpc) is 3.15. The van der Waals surface area contributed by atoms with Crippen molar-refractivity contribution in [2.24, 2.45) is 0 Å². The van der Waals surface area contributed by atoms with Crippen LogP contribution in [0.15, 0.2) is 66.7 Å². The minimum atomic E-state index is -1.06. The van der Waals surface area contributed by atoms with Crippen LogP contribution in [0.3, 0.4) is 0 Å². The second kappa shape index (κ2) is 10.9. The third kappa shape index (κ3) is 6.00. The maximum Gasteiger partial charge on any atom is 0.407 e. The van der Waals surface area contributed by atoms with Crippen molar-refractivity contribution < 1.29 is 24.2 Å². The number of nitrogens with one attached hydrogen (secondary N) is 2. The molecule has 1 aliphatic carbocycles. The zero-order valence-corrected chi connectivity index (χ0v) is 21.2. The summed E-state index contributed by atoms with van der Waals surface area (Å²) in [5.74, 6) is -1.33. The van der Waals surface area contributed by atoms with Crippen molar-refractivity contribution in [3.8, 4) is 11.1 Å². The van der Waals surface area contributed by atoms with E-state index in [4.69, 9.17) is 9.84 Å². The van der Waals surface area contributed by atoms with Crippen LogP contribution in [0.2, 0.25) is 0 Å². The number of halogens is 1. The van der Waals surface area contributed by atoms with E-state index < -0.39 is 12.1 Å². The number of rotatable bonds is 8. The van der Waals surface area contributed by atoms with Crippen LogP contribution in [0, 0.1) is 3.57 Å². The summed E-state index contributed by atoms with van der Waals surface area (Å²) < 4.78 is 6.27. The zero-order valence-electron chi connectivity index (χ0n) is 19.1. The molecule has 0 aromatic heterocycles. The SMILES string of the molecule is CC(CCC(=O)Nc1cc(I)cc(C(=O)O)c1)NC(=O)OCC1c2ccccc2-c2ccccc21. The van der Waals surface area contributed by atoms with Crippen molar-refractivity contribution >= 4 is 46.2 Å². The Balaban J connectivity index is 1.26. The largest absolute Gasteiger partial charge is 0.478 e. The van der Waals surface area contributed by atoms with Crippen LogP contribution in [0.25, 0.3) is 11.1 Å². The maximum absolute atomic E-state index is 12.4. The van der Waals surface area contributed by atoms with Gasteiger partial charge in [-0.1, -0.05) is 48.5 Å². The summed E-state index contributed by atoms with van der Waals surface area (Å²) >= 11 is 2.00. The van der Waals surface area contributed by atoms with Crippen molar-refractivity contribution in [2.75, 3.05) is 11.9 Å². The van der Waals surface area contributed by atoms with Crippen LogP contribution < -0.4 is 10.6 Å². The molecule has 180 valence electrons. The van der Waals surface area contributed by atoms with Crippen molar-refractivity contribution in [1.82, 2.24) is 5.32 Å². The molecule has 3 aromatic rings. The molecule has 8 heteroatoms. The standard InChI is InChI=1S/C27H25IN2O5/c1-16(10-11-25(31)30-19-13-17(26(32)33)12-18(28)14-19)29-27(34)35-15-24-22-8-4-2-6-20(22)21-7-3-5-9-23(21)24/h2-9,12-14,16,24H,10-11,15H2,1H3,(H,29,34)(H,30,31)(H,32,33). The highest BCUT2D eigenvalue weighted by Crippen LogP contribution is 2.44. The van der Waals surface area contributed by atoms with Crippen molar-refractivity contribution in [1.29, 1.82) is 0 Å². The van der Waals surface area contributed by atoms with E-state index in [0.717, 1.165) is 11.1 Å². The molecule has 2 amide bonds. The number of fused-ring (bicyclic) bond motifs is 3. The molecular formula is C27H25IN2O5. The van der Waals surface area contributed by atoms with E-state index in [1.165, 1.54) is 23.3 Å². The maximum atomic E-state index is 12.4. The fourth-order valence-corrected chi connectivity index (χ4v) is 4.94. The summed E-state index contributed by atoms with van der Waals surface area (Å²) in [6, 6.07) is 20.7. The first-order valence-electron chi connectivity index (χ1n) is 11.3. The predicted octanol–water partition coefficient (Wildman–Crippen LogP) is 5.64. The highest BCUT2D eigenvalue weighted by molar-refractivity contribution is 14.1. The number of carboxylic acid groups (broad SMARTS) is 1. The minimum absolute atomic E-state index is 0.0152. The Bertz CT molecular complexity index is 1230. The predicted molar refractivity (Wildman–Crippen MR) is 142 cm³/mol. The number of benzene rings is 3. The second-order valence-electron chi connectivity index (χ2n) is 8.49. The lowest BCUT2D eigenvalue weighted by Crippen LogP contribution is -2.34. The molecular weight excluding hydrogens is 559 g/mol. The molecule has 0 heterocycles.